The summed E-state index contributed by atoms with van der Waals surface area (Å²) in [6.07, 6.45) is 4.21. The molecule has 0 aliphatic carbocycles. The molecule has 0 atom stereocenters. The molecule has 0 aromatic carbocycles. The van der Waals surface area contributed by atoms with Gasteiger partial charge in [0, 0.05) is 19.6 Å². The summed E-state index contributed by atoms with van der Waals surface area (Å²) in [7, 11) is 0. The minimum absolute atomic E-state index is 0.0928. The van der Waals surface area contributed by atoms with E-state index < -0.39 is 0 Å². The molecule has 1 aromatic heterocycles. The van der Waals surface area contributed by atoms with E-state index in [1.54, 1.807) is 4.68 Å². The summed E-state index contributed by atoms with van der Waals surface area (Å²) in [6.45, 7) is 8.97. The lowest BCUT2D eigenvalue weighted by Gasteiger charge is -2.33. The zero-order valence-electron chi connectivity index (χ0n) is 13.2. The molecule has 2 rings (SSSR count). The number of aromatic nitrogens is 4. The van der Waals surface area contributed by atoms with Crippen LogP contribution in [0.1, 0.15) is 46.5 Å². The minimum Gasteiger partial charge on any atom is -0.324 e. The van der Waals surface area contributed by atoms with Gasteiger partial charge in [-0.05, 0) is 41.5 Å². The van der Waals surface area contributed by atoms with Crippen LogP contribution in [0.5, 0.6) is 0 Å². The Hall–Kier alpha value is -1.66. The number of aryl methyl sites for hydroxylation is 1. The van der Waals surface area contributed by atoms with E-state index in [0.717, 1.165) is 51.2 Å². The van der Waals surface area contributed by atoms with Crippen molar-refractivity contribution in [2.24, 2.45) is 11.8 Å². The van der Waals surface area contributed by atoms with Crippen molar-refractivity contribution in [2.45, 2.75) is 53.0 Å². The van der Waals surface area contributed by atoms with Crippen molar-refractivity contribution in [1.29, 1.82) is 0 Å². The number of rotatable bonds is 5. The van der Waals surface area contributed by atoms with E-state index in [9.17, 15) is 4.79 Å². The molecule has 2 heterocycles. The highest BCUT2D eigenvalue weighted by atomic mass is 16.2. The van der Waals surface area contributed by atoms with Gasteiger partial charge in [-0.3, -0.25) is 5.32 Å². The fraction of sp³-hybridized carbons (Fsp3) is 0.857. The average Bonchev–Trinajstić information content (AvgIpc) is 2.92. The number of hydrogen-bond acceptors (Lipinski definition) is 4. The summed E-state index contributed by atoms with van der Waals surface area (Å²) < 4.78 is 1.66. The summed E-state index contributed by atoms with van der Waals surface area (Å²) in [4.78, 5) is 14.1. The highest BCUT2D eigenvalue weighted by molar-refractivity contribution is 5.87. The van der Waals surface area contributed by atoms with Gasteiger partial charge in [-0.25, -0.2) is 9.48 Å². The van der Waals surface area contributed by atoms with Crippen molar-refractivity contribution in [3.8, 4) is 0 Å². The Morgan fingerprint density at radius 2 is 2.10 bits per heavy atom. The summed E-state index contributed by atoms with van der Waals surface area (Å²) in [6, 6.07) is -0.0928. The third-order valence-corrected chi connectivity index (χ3v) is 4.24. The van der Waals surface area contributed by atoms with Crippen LogP contribution >= 0.6 is 0 Å². The Morgan fingerprint density at radius 1 is 1.38 bits per heavy atom. The Bertz CT molecular complexity index is 450. The molecule has 1 saturated heterocycles. The number of unbranched alkanes of at least 4 members (excludes halogenated alkanes) is 1. The van der Waals surface area contributed by atoms with Gasteiger partial charge in [0.15, 0.2) is 0 Å². The van der Waals surface area contributed by atoms with E-state index in [0.29, 0.717) is 11.9 Å². The van der Waals surface area contributed by atoms with Gasteiger partial charge in [-0.15, -0.1) is 0 Å². The second-order valence-corrected chi connectivity index (χ2v) is 6.08. The highest BCUT2D eigenvalue weighted by Gasteiger charge is 2.25. The number of nitrogens with zero attached hydrogens (tertiary/aromatic N) is 5. The number of tetrazole rings is 1. The third-order valence-electron chi connectivity index (χ3n) is 4.24. The van der Waals surface area contributed by atoms with E-state index in [1.807, 2.05) is 4.90 Å². The Kier molecular flexibility index (Phi) is 5.52. The van der Waals surface area contributed by atoms with Crippen LogP contribution in [0.3, 0.4) is 0 Å². The first-order valence-electron chi connectivity index (χ1n) is 7.94. The first kappa shape index (κ1) is 15.7. The molecular weight excluding hydrogens is 268 g/mol. The van der Waals surface area contributed by atoms with Crippen molar-refractivity contribution in [1.82, 2.24) is 25.1 Å². The molecule has 0 bridgehead atoms. The zero-order valence-corrected chi connectivity index (χ0v) is 13.2. The average molecular weight is 294 g/mol. The lowest BCUT2D eigenvalue weighted by Crippen LogP contribution is -2.42. The van der Waals surface area contributed by atoms with E-state index in [1.165, 1.54) is 0 Å². The standard InChI is InChI=1S/C14H26N6O/c1-4-5-8-20-13(16-17-18-20)15-14(21)19-9-6-12(7-10-19)11(2)3/h11-12H,4-10H2,1-3H3,(H,15,16,18,21). The van der Waals surface area contributed by atoms with Gasteiger partial charge in [-0.2, -0.15) is 0 Å². The van der Waals surface area contributed by atoms with Gasteiger partial charge in [-0.1, -0.05) is 32.3 Å². The van der Waals surface area contributed by atoms with Crippen LogP contribution in [0, 0.1) is 11.8 Å². The number of anilines is 1. The van der Waals surface area contributed by atoms with Crippen LogP contribution in [-0.4, -0.2) is 44.2 Å². The largest absolute Gasteiger partial charge is 0.324 e. The fourth-order valence-electron chi connectivity index (χ4n) is 2.70. The summed E-state index contributed by atoms with van der Waals surface area (Å²) >= 11 is 0. The quantitative estimate of drug-likeness (QED) is 0.904. The summed E-state index contributed by atoms with van der Waals surface area (Å²) in [5.74, 6) is 1.86. The molecule has 7 heteroatoms. The van der Waals surface area contributed by atoms with Crippen molar-refractivity contribution < 1.29 is 4.79 Å². The minimum atomic E-state index is -0.0928. The van der Waals surface area contributed by atoms with Gasteiger partial charge < -0.3 is 4.90 Å². The van der Waals surface area contributed by atoms with E-state index in [4.69, 9.17) is 0 Å². The summed E-state index contributed by atoms with van der Waals surface area (Å²) in [5, 5.41) is 14.3. The molecule has 1 aliphatic rings. The molecule has 0 unspecified atom stereocenters. The van der Waals surface area contributed by atoms with Crippen LogP contribution in [0.2, 0.25) is 0 Å². The monoisotopic (exact) mass is 294 g/mol. The van der Waals surface area contributed by atoms with Gasteiger partial charge in [0.1, 0.15) is 0 Å². The molecule has 0 radical (unpaired) electrons. The number of nitrogens with one attached hydrogen (secondary N) is 1. The van der Waals surface area contributed by atoms with Gasteiger partial charge in [0.25, 0.3) is 5.95 Å². The molecule has 1 fully saturated rings. The Balaban J connectivity index is 1.86. The SMILES string of the molecule is CCCCn1nnnc1NC(=O)N1CCC(C(C)C)CC1. The lowest BCUT2D eigenvalue weighted by atomic mass is 9.87. The first-order chi connectivity index (χ1) is 10.1. The lowest BCUT2D eigenvalue weighted by molar-refractivity contribution is 0.166. The molecule has 1 aromatic rings. The van der Waals surface area contributed by atoms with Crippen LogP contribution < -0.4 is 5.32 Å². The molecule has 1 N–H and O–H groups in total. The molecule has 2 amide bonds. The second kappa shape index (κ2) is 7.38. The van der Waals surface area contributed by atoms with Gasteiger partial charge in [0.2, 0.25) is 0 Å². The number of carbonyl (C=O) groups excluding carboxylic acids is 1. The molecule has 21 heavy (non-hydrogen) atoms. The zero-order chi connectivity index (χ0) is 15.2. The topological polar surface area (TPSA) is 75.9 Å². The summed E-state index contributed by atoms with van der Waals surface area (Å²) in [5.41, 5.74) is 0. The fourth-order valence-corrected chi connectivity index (χ4v) is 2.70. The van der Waals surface area contributed by atoms with E-state index in [-0.39, 0.29) is 6.03 Å². The maximum atomic E-state index is 12.3. The van der Waals surface area contributed by atoms with Crippen LogP contribution in [0.15, 0.2) is 0 Å². The van der Waals surface area contributed by atoms with Gasteiger partial charge >= 0.3 is 6.03 Å². The van der Waals surface area contributed by atoms with Crippen molar-refractivity contribution in [2.75, 3.05) is 18.4 Å². The molecule has 0 spiro atoms. The maximum absolute atomic E-state index is 12.3. The normalized spacial score (nSPS) is 16.5. The van der Waals surface area contributed by atoms with E-state index in [2.05, 4.69) is 41.6 Å². The molecular formula is C14H26N6O. The molecule has 118 valence electrons. The van der Waals surface area contributed by atoms with Crippen molar-refractivity contribution >= 4 is 12.0 Å². The number of likely N-dealkylation sites (tertiary alicyclic amines) is 1. The Labute approximate surface area is 126 Å². The van der Waals surface area contributed by atoms with Crippen molar-refractivity contribution in [3.05, 3.63) is 0 Å². The second-order valence-electron chi connectivity index (χ2n) is 6.08. The van der Waals surface area contributed by atoms with Gasteiger partial charge in [0.05, 0.1) is 0 Å². The first-order valence-corrected chi connectivity index (χ1v) is 7.94. The predicted octanol–water partition coefficient (Wildman–Crippen LogP) is 2.37. The Morgan fingerprint density at radius 3 is 2.71 bits per heavy atom. The van der Waals surface area contributed by atoms with Crippen molar-refractivity contribution in [3.63, 3.8) is 0 Å². The van der Waals surface area contributed by atoms with E-state index >= 15 is 0 Å². The number of urea groups is 1. The van der Waals surface area contributed by atoms with Crippen LogP contribution in [-0.2, 0) is 6.54 Å². The predicted molar refractivity (Wildman–Crippen MR) is 80.9 cm³/mol. The number of piperidine rings is 1. The number of amides is 2. The highest BCUT2D eigenvalue weighted by Crippen LogP contribution is 2.24. The number of hydrogen-bond donors (Lipinski definition) is 1. The number of carbonyl (C=O) groups is 1. The molecule has 1 aliphatic heterocycles. The smallest absolute Gasteiger partial charge is 0.324 e. The molecule has 7 nitrogen and oxygen atoms in total. The van der Waals surface area contributed by atoms with Crippen LogP contribution in [0.4, 0.5) is 10.7 Å². The maximum Gasteiger partial charge on any atom is 0.324 e. The third kappa shape index (κ3) is 4.15. The molecule has 0 saturated carbocycles. The van der Waals surface area contributed by atoms with Crippen LogP contribution in [0.25, 0.3) is 0 Å².